The van der Waals surface area contributed by atoms with E-state index < -0.39 is 0 Å². The fourth-order valence-corrected chi connectivity index (χ4v) is 3.82. The van der Waals surface area contributed by atoms with E-state index in [4.69, 9.17) is 9.15 Å². The zero-order chi connectivity index (χ0) is 20.1. The third-order valence-electron chi connectivity index (χ3n) is 4.69. The first-order chi connectivity index (χ1) is 14.2. The molecule has 1 aliphatic heterocycles. The van der Waals surface area contributed by atoms with Crippen molar-refractivity contribution in [3.63, 3.8) is 0 Å². The third-order valence-corrected chi connectivity index (χ3v) is 5.51. The quantitative estimate of drug-likeness (QED) is 0.588. The summed E-state index contributed by atoms with van der Waals surface area (Å²) in [6.45, 7) is 2.20. The largest absolute Gasteiger partial charge is 0.496 e. The van der Waals surface area contributed by atoms with Crippen LogP contribution in [-0.4, -0.2) is 42.1 Å². The topological polar surface area (TPSA) is 80.5 Å². The summed E-state index contributed by atoms with van der Waals surface area (Å²) >= 11 is 1.20. The molecule has 0 unspecified atom stereocenters. The van der Waals surface area contributed by atoms with Gasteiger partial charge in [-0.2, -0.15) is 0 Å². The number of carbonyl (C=O) groups is 1. The van der Waals surface area contributed by atoms with Gasteiger partial charge in [-0.25, -0.2) is 0 Å². The highest BCUT2D eigenvalue weighted by molar-refractivity contribution is 7.99. The van der Waals surface area contributed by atoms with Gasteiger partial charge in [0.25, 0.3) is 11.1 Å². The molecule has 1 amide bonds. The fraction of sp³-hybridized carbons (Fsp3) is 0.286. The molecular weight excluding hydrogens is 388 g/mol. The van der Waals surface area contributed by atoms with Gasteiger partial charge in [0.05, 0.1) is 18.4 Å². The average Bonchev–Trinajstić information content (AvgIpc) is 3.45. The third kappa shape index (κ3) is 4.71. The van der Waals surface area contributed by atoms with E-state index in [1.807, 2.05) is 48.5 Å². The molecular formula is C21H22N4O3S. The van der Waals surface area contributed by atoms with E-state index in [1.54, 1.807) is 7.11 Å². The number of para-hydroxylation sites is 1. The Morgan fingerprint density at radius 2 is 1.90 bits per heavy atom. The molecule has 0 atom stereocenters. The molecule has 2 aromatic carbocycles. The van der Waals surface area contributed by atoms with Gasteiger partial charge in [0.1, 0.15) is 5.75 Å². The maximum atomic E-state index is 12.3. The molecule has 0 bridgehead atoms. The first-order valence-corrected chi connectivity index (χ1v) is 10.5. The number of nitrogens with zero attached hydrogens (tertiary/aromatic N) is 3. The van der Waals surface area contributed by atoms with Gasteiger partial charge in [0, 0.05) is 24.5 Å². The van der Waals surface area contributed by atoms with Crippen molar-refractivity contribution in [2.75, 3.05) is 36.2 Å². The summed E-state index contributed by atoms with van der Waals surface area (Å²) in [4.78, 5) is 14.6. The number of anilines is 2. The number of rotatable bonds is 7. The van der Waals surface area contributed by atoms with Gasteiger partial charge >= 0.3 is 0 Å². The number of hydrogen-bond acceptors (Lipinski definition) is 7. The van der Waals surface area contributed by atoms with Gasteiger partial charge in [0.15, 0.2) is 0 Å². The first-order valence-electron chi connectivity index (χ1n) is 9.47. The number of carbonyl (C=O) groups excluding carboxylic acids is 1. The van der Waals surface area contributed by atoms with E-state index in [0.717, 1.165) is 24.3 Å². The molecule has 3 aromatic rings. The zero-order valence-corrected chi connectivity index (χ0v) is 16.9. The van der Waals surface area contributed by atoms with Crippen LogP contribution in [-0.2, 0) is 4.79 Å². The Morgan fingerprint density at radius 1 is 1.14 bits per heavy atom. The van der Waals surface area contributed by atoms with Gasteiger partial charge in [-0.05, 0) is 49.2 Å². The standard InChI is InChI=1S/C21H22N4O3S/c1-27-18-7-3-2-6-17(18)20-23-24-21(28-20)29-14-19(26)22-15-8-10-16(11-9-15)25-12-4-5-13-25/h2-3,6-11H,4-5,12-14H2,1H3,(H,22,26). The van der Waals surface area contributed by atoms with Crippen molar-refractivity contribution in [1.82, 2.24) is 10.2 Å². The molecule has 1 saturated heterocycles. The van der Waals surface area contributed by atoms with Crippen molar-refractivity contribution in [3.05, 3.63) is 48.5 Å². The Hall–Kier alpha value is -3.00. The highest BCUT2D eigenvalue weighted by Gasteiger charge is 2.15. The van der Waals surface area contributed by atoms with Gasteiger partial charge < -0.3 is 19.4 Å². The van der Waals surface area contributed by atoms with E-state index in [-0.39, 0.29) is 11.7 Å². The average molecular weight is 410 g/mol. The summed E-state index contributed by atoms with van der Waals surface area (Å²) in [6.07, 6.45) is 2.48. The molecule has 150 valence electrons. The Labute approximate surface area is 173 Å². The Balaban J connectivity index is 1.31. The molecule has 4 rings (SSSR count). The molecule has 2 heterocycles. The predicted molar refractivity (Wildman–Crippen MR) is 114 cm³/mol. The molecule has 1 N–H and O–H groups in total. The van der Waals surface area contributed by atoms with E-state index in [9.17, 15) is 4.79 Å². The van der Waals surface area contributed by atoms with Crippen molar-refractivity contribution in [2.45, 2.75) is 18.1 Å². The van der Waals surface area contributed by atoms with E-state index >= 15 is 0 Å². The number of nitrogens with one attached hydrogen (secondary N) is 1. The van der Waals surface area contributed by atoms with Gasteiger partial charge in [-0.1, -0.05) is 23.9 Å². The van der Waals surface area contributed by atoms with Gasteiger partial charge in [-0.15, -0.1) is 10.2 Å². The summed E-state index contributed by atoms with van der Waals surface area (Å²) in [5.41, 5.74) is 2.69. The zero-order valence-electron chi connectivity index (χ0n) is 16.1. The maximum absolute atomic E-state index is 12.3. The van der Waals surface area contributed by atoms with Crippen molar-refractivity contribution in [1.29, 1.82) is 0 Å². The minimum atomic E-state index is -0.124. The van der Waals surface area contributed by atoms with Crippen LogP contribution in [0, 0.1) is 0 Å². The smallest absolute Gasteiger partial charge is 0.277 e. The summed E-state index contributed by atoms with van der Waals surface area (Å²) in [5, 5.41) is 11.3. The maximum Gasteiger partial charge on any atom is 0.277 e. The molecule has 0 aliphatic carbocycles. The monoisotopic (exact) mass is 410 g/mol. The molecule has 1 fully saturated rings. The predicted octanol–water partition coefficient (Wildman–Crippen LogP) is 4.08. The Bertz CT molecular complexity index is 968. The van der Waals surface area contributed by atoms with Crippen molar-refractivity contribution in [3.8, 4) is 17.2 Å². The molecule has 7 nitrogen and oxygen atoms in total. The SMILES string of the molecule is COc1ccccc1-c1nnc(SCC(=O)Nc2ccc(N3CCCC3)cc2)o1. The van der Waals surface area contributed by atoms with Crippen LogP contribution in [0.2, 0.25) is 0 Å². The summed E-state index contributed by atoms with van der Waals surface area (Å²) in [6, 6.07) is 15.4. The lowest BCUT2D eigenvalue weighted by atomic mass is 10.2. The number of thioether (sulfide) groups is 1. The van der Waals surface area contributed by atoms with Gasteiger partial charge in [-0.3, -0.25) is 4.79 Å². The van der Waals surface area contributed by atoms with Crippen LogP contribution in [0.4, 0.5) is 11.4 Å². The van der Waals surface area contributed by atoms with Crippen molar-refractivity contribution < 1.29 is 13.9 Å². The van der Waals surface area contributed by atoms with Gasteiger partial charge in [0.2, 0.25) is 5.91 Å². The minimum Gasteiger partial charge on any atom is -0.496 e. The normalized spacial score (nSPS) is 13.5. The first kappa shape index (κ1) is 19.3. The van der Waals surface area contributed by atoms with Crippen LogP contribution in [0.15, 0.2) is 58.2 Å². The van der Waals surface area contributed by atoms with Crippen LogP contribution in [0.3, 0.4) is 0 Å². The number of methoxy groups -OCH3 is 1. The molecule has 29 heavy (non-hydrogen) atoms. The molecule has 0 saturated carbocycles. The minimum absolute atomic E-state index is 0.124. The lowest BCUT2D eigenvalue weighted by molar-refractivity contribution is -0.113. The summed E-state index contributed by atoms with van der Waals surface area (Å²) in [5.74, 6) is 1.08. The molecule has 1 aromatic heterocycles. The van der Waals surface area contributed by atoms with Crippen molar-refractivity contribution in [2.24, 2.45) is 0 Å². The second-order valence-electron chi connectivity index (χ2n) is 6.65. The van der Waals surface area contributed by atoms with Crippen molar-refractivity contribution >= 4 is 29.0 Å². The molecule has 8 heteroatoms. The molecule has 0 radical (unpaired) electrons. The molecule has 0 spiro atoms. The second kappa shape index (κ2) is 9.00. The van der Waals surface area contributed by atoms with Crippen LogP contribution < -0.4 is 15.0 Å². The summed E-state index contributed by atoms with van der Waals surface area (Å²) in [7, 11) is 1.59. The summed E-state index contributed by atoms with van der Waals surface area (Å²) < 4.78 is 11.0. The van der Waals surface area contributed by atoms with E-state index in [0.29, 0.717) is 16.9 Å². The van der Waals surface area contributed by atoms with Crippen LogP contribution >= 0.6 is 11.8 Å². The highest BCUT2D eigenvalue weighted by Crippen LogP contribution is 2.30. The highest BCUT2D eigenvalue weighted by atomic mass is 32.2. The number of hydrogen-bond donors (Lipinski definition) is 1. The van der Waals surface area contributed by atoms with Crippen LogP contribution in [0.1, 0.15) is 12.8 Å². The van der Waals surface area contributed by atoms with Crippen LogP contribution in [0.25, 0.3) is 11.5 Å². The van der Waals surface area contributed by atoms with E-state index in [1.165, 1.54) is 30.3 Å². The fourth-order valence-electron chi connectivity index (χ4n) is 3.25. The lowest BCUT2D eigenvalue weighted by Gasteiger charge is -2.17. The number of benzene rings is 2. The lowest BCUT2D eigenvalue weighted by Crippen LogP contribution is -2.18. The van der Waals surface area contributed by atoms with Crippen LogP contribution in [0.5, 0.6) is 5.75 Å². The van der Waals surface area contributed by atoms with E-state index in [2.05, 4.69) is 20.4 Å². The number of ether oxygens (including phenoxy) is 1. The number of aromatic nitrogens is 2. The second-order valence-corrected chi connectivity index (χ2v) is 7.58. The number of amides is 1. The Kier molecular flexibility index (Phi) is 6.00. The Morgan fingerprint density at radius 3 is 2.66 bits per heavy atom. The molecule has 1 aliphatic rings.